The smallest absolute Gasteiger partial charge is 0.227 e. The van der Waals surface area contributed by atoms with Crippen LogP contribution < -0.4 is 5.32 Å². The fourth-order valence-corrected chi connectivity index (χ4v) is 4.70. The van der Waals surface area contributed by atoms with E-state index in [-0.39, 0.29) is 25.0 Å². The van der Waals surface area contributed by atoms with Crippen molar-refractivity contribution in [3.8, 4) is 0 Å². The van der Waals surface area contributed by atoms with Crippen molar-refractivity contribution in [2.45, 2.75) is 24.9 Å². The Morgan fingerprint density at radius 3 is 2.58 bits per heavy atom. The van der Waals surface area contributed by atoms with E-state index in [1.165, 1.54) is 0 Å². The van der Waals surface area contributed by atoms with Crippen LogP contribution in [0.25, 0.3) is 0 Å². The van der Waals surface area contributed by atoms with Gasteiger partial charge in [0.15, 0.2) is 0 Å². The van der Waals surface area contributed by atoms with Crippen LogP contribution >= 0.6 is 23.2 Å². The van der Waals surface area contributed by atoms with E-state index in [1.54, 1.807) is 12.1 Å². The van der Waals surface area contributed by atoms with Gasteiger partial charge in [-0.2, -0.15) is 0 Å². The molecule has 2 aromatic carbocycles. The highest BCUT2D eigenvalue weighted by Crippen LogP contribution is 2.26. The number of ether oxygens (including phenoxy) is 2. The molecule has 36 heavy (non-hydrogen) atoms. The van der Waals surface area contributed by atoms with Crippen molar-refractivity contribution in [2.75, 3.05) is 66.3 Å². The molecule has 1 amide bonds. The number of aliphatic hydroxyl groups is 1. The molecule has 0 spiro atoms. The van der Waals surface area contributed by atoms with Crippen LogP contribution in [0, 0.1) is 0 Å². The first-order chi connectivity index (χ1) is 17.5. The summed E-state index contributed by atoms with van der Waals surface area (Å²) in [5, 5.41) is 13.2. The monoisotopic (exact) mass is 537 g/mol. The van der Waals surface area contributed by atoms with Crippen molar-refractivity contribution < 1.29 is 19.4 Å². The van der Waals surface area contributed by atoms with E-state index >= 15 is 0 Å². The molecule has 1 aliphatic rings. The summed E-state index contributed by atoms with van der Waals surface area (Å²) < 4.78 is 10.8. The highest BCUT2D eigenvalue weighted by atomic mass is 35.5. The maximum absolute atomic E-state index is 13.2. The molecule has 0 aromatic heterocycles. The first-order valence-electron chi connectivity index (χ1n) is 12.4. The normalized spacial score (nSPS) is 16.8. The molecule has 9 heteroatoms. The van der Waals surface area contributed by atoms with Crippen LogP contribution in [0.1, 0.15) is 23.6 Å². The lowest BCUT2D eigenvalue weighted by Gasteiger charge is -2.32. The molecular weight excluding hydrogens is 501 g/mol. The Balaban J connectivity index is 1.51. The van der Waals surface area contributed by atoms with Crippen molar-refractivity contribution in [3.63, 3.8) is 0 Å². The summed E-state index contributed by atoms with van der Waals surface area (Å²) >= 11 is 12.2. The molecular formula is C27H37Cl2N3O4. The SMILES string of the molecule is CN(C(=O)Cc1ccc(Cl)c(Cl)c1)C(CN1CCC(NCCOCCOCCO)C1)c1ccccc1. The number of carbonyl (C=O) groups excluding carboxylic acids is 1. The van der Waals surface area contributed by atoms with Crippen LogP contribution in [0.4, 0.5) is 0 Å². The number of hydrogen-bond donors (Lipinski definition) is 2. The molecule has 3 rings (SSSR count). The second-order valence-electron chi connectivity index (χ2n) is 9.00. The Hall–Kier alpha value is -1.71. The van der Waals surface area contributed by atoms with E-state index in [0.717, 1.165) is 43.7 Å². The molecule has 0 aliphatic carbocycles. The zero-order chi connectivity index (χ0) is 25.8. The van der Waals surface area contributed by atoms with Gasteiger partial charge in [-0.05, 0) is 36.2 Å². The van der Waals surface area contributed by atoms with Crippen molar-refractivity contribution >= 4 is 29.1 Å². The second kappa shape index (κ2) is 15.5. The first kappa shape index (κ1) is 28.9. The molecule has 1 fully saturated rings. The highest BCUT2D eigenvalue weighted by molar-refractivity contribution is 6.42. The number of nitrogens with zero attached hydrogens (tertiary/aromatic N) is 2. The van der Waals surface area contributed by atoms with E-state index < -0.39 is 0 Å². The molecule has 198 valence electrons. The Labute approximate surface area is 224 Å². The van der Waals surface area contributed by atoms with Crippen LogP contribution in [0.15, 0.2) is 48.5 Å². The summed E-state index contributed by atoms with van der Waals surface area (Å²) in [6.45, 7) is 5.48. The number of hydrogen-bond acceptors (Lipinski definition) is 6. The molecule has 2 N–H and O–H groups in total. The molecule has 1 saturated heterocycles. The molecule has 1 heterocycles. The van der Waals surface area contributed by atoms with E-state index in [1.807, 2.05) is 36.2 Å². The number of likely N-dealkylation sites (tertiary alicyclic amines) is 1. The topological polar surface area (TPSA) is 74.3 Å². The zero-order valence-corrected chi connectivity index (χ0v) is 22.4. The molecule has 0 saturated carbocycles. The van der Waals surface area contributed by atoms with Crippen LogP contribution in [0.3, 0.4) is 0 Å². The van der Waals surface area contributed by atoms with Gasteiger partial charge in [-0.15, -0.1) is 0 Å². The lowest BCUT2D eigenvalue weighted by atomic mass is 10.0. The molecule has 0 radical (unpaired) electrons. The van der Waals surface area contributed by atoms with Crippen LogP contribution in [-0.4, -0.2) is 93.1 Å². The number of halogens is 2. The second-order valence-corrected chi connectivity index (χ2v) is 9.82. The van der Waals surface area contributed by atoms with E-state index in [4.69, 9.17) is 37.8 Å². The van der Waals surface area contributed by atoms with Crippen LogP contribution in [0.5, 0.6) is 0 Å². The predicted octanol–water partition coefficient (Wildman–Crippen LogP) is 3.43. The Morgan fingerprint density at radius 1 is 1.11 bits per heavy atom. The summed E-state index contributed by atoms with van der Waals surface area (Å²) in [4.78, 5) is 17.5. The van der Waals surface area contributed by atoms with Crippen molar-refractivity contribution in [3.05, 3.63) is 69.7 Å². The van der Waals surface area contributed by atoms with E-state index in [9.17, 15) is 4.79 Å². The zero-order valence-electron chi connectivity index (χ0n) is 20.9. The standard InChI is InChI=1S/C27H37Cl2N3O4/c1-31(27(34)18-21-7-8-24(28)25(29)17-21)26(22-5-3-2-4-6-22)20-32-11-9-23(19-32)30-10-13-35-15-16-36-14-12-33/h2-8,17,23,26,30,33H,9-16,18-20H2,1H3. The third-order valence-corrected chi connectivity index (χ3v) is 7.11. The third-order valence-electron chi connectivity index (χ3n) is 6.38. The number of rotatable bonds is 15. The average molecular weight is 539 g/mol. The minimum atomic E-state index is -0.0533. The van der Waals surface area contributed by atoms with Gasteiger partial charge in [-0.1, -0.05) is 59.6 Å². The summed E-state index contributed by atoms with van der Waals surface area (Å²) in [7, 11) is 1.88. The molecule has 2 aromatic rings. The number of carbonyl (C=O) groups is 1. The summed E-state index contributed by atoms with van der Waals surface area (Å²) in [5.74, 6) is 0.0382. The maximum Gasteiger partial charge on any atom is 0.227 e. The van der Waals surface area contributed by atoms with E-state index in [0.29, 0.717) is 42.5 Å². The lowest BCUT2D eigenvalue weighted by molar-refractivity contribution is -0.131. The molecule has 2 atom stereocenters. The van der Waals surface area contributed by atoms with Gasteiger partial charge in [-0.3, -0.25) is 9.69 Å². The van der Waals surface area contributed by atoms with Gasteiger partial charge in [0.05, 0.1) is 55.5 Å². The number of benzene rings is 2. The molecule has 7 nitrogen and oxygen atoms in total. The van der Waals surface area contributed by atoms with Crippen LogP contribution in [-0.2, 0) is 20.7 Å². The summed E-state index contributed by atoms with van der Waals surface area (Å²) in [6.07, 6.45) is 1.33. The fourth-order valence-electron chi connectivity index (χ4n) is 4.38. The predicted molar refractivity (Wildman–Crippen MR) is 144 cm³/mol. The molecule has 1 aliphatic heterocycles. The van der Waals surface area contributed by atoms with E-state index in [2.05, 4.69) is 22.3 Å². The number of amides is 1. The minimum Gasteiger partial charge on any atom is -0.394 e. The quantitative estimate of drug-likeness (QED) is 0.339. The Bertz CT molecular complexity index is 934. The van der Waals surface area contributed by atoms with Crippen molar-refractivity contribution in [1.29, 1.82) is 0 Å². The number of nitrogens with one attached hydrogen (secondary N) is 1. The summed E-state index contributed by atoms with van der Waals surface area (Å²) in [6, 6.07) is 15.9. The highest BCUT2D eigenvalue weighted by Gasteiger charge is 2.28. The van der Waals surface area contributed by atoms with Gasteiger partial charge >= 0.3 is 0 Å². The summed E-state index contributed by atoms with van der Waals surface area (Å²) in [5.41, 5.74) is 1.97. The lowest BCUT2D eigenvalue weighted by Crippen LogP contribution is -2.41. The van der Waals surface area contributed by atoms with Gasteiger partial charge in [0.25, 0.3) is 0 Å². The largest absolute Gasteiger partial charge is 0.394 e. The minimum absolute atomic E-state index is 0.0338. The maximum atomic E-state index is 13.2. The van der Waals surface area contributed by atoms with Gasteiger partial charge in [-0.25, -0.2) is 0 Å². The van der Waals surface area contributed by atoms with Gasteiger partial charge < -0.3 is 24.8 Å². The fraction of sp³-hybridized carbons (Fsp3) is 0.519. The molecule has 2 unspecified atom stereocenters. The Morgan fingerprint density at radius 2 is 1.86 bits per heavy atom. The van der Waals surface area contributed by atoms with Gasteiger partial charge in [0.2, 0.25) is 5.91 Å². The third kappa shape index (κ3) is 9.30. The van der Waals surface area contributed by atoms with Crippen LogP contribution in [0.2, 0.25) is 10.0 Å². The van der Waals surface area contributed by atoms with Gasteiger partial charge in [0.1, 0.15) is 0 Å². The van der Waals surface area contributed by atoms with Crippen molar-refractivity contribution in [1.82, 2.24) is 15.1 Å². The number of likely N-dealkylation sites (N-methyl/N-ethyl adjacent to an activating group) is 1. The average Bonchev–Trinajstić information content (AvgIpc) is 3.34. The Kier molecular flexibility index (Phi) is 12.4. The van der Waals surface area contributed by atoms with Gasteiger partial charge in [0, 0.05) is 32.7 Å². The first-order valence-corrected chi connectivity index (χ1v) is 13.2. The van der Waals surface area contributed by atoms with Crippen molar-refractivity contribution in [2.24, 2.45) is 0 Å². The molecule has 0 bridgehead atoms. The number of aliphatic hydroxyl groups excluding tert-OH is 1.